The second-order valence-corrected chi connectivity index (χ2v) is 8.58. The van der Waals surface area contributed by atoms with Gasteiger partial charge in [0, 0.05) is 24.2 Å². The van der Waals surface area contributed by atoms with Crippen molar-refractivity contribution in [1.29, 1.82) is 0 Å². The molecule has 1 saturated heterocycles. The number of piperidine rings is 1. The summed E-state index contributed by atoms with van der Waals surface area (Å²) in [6.07, 6.45) is 0.821. The van der Waals surface area contributed by atoms with Crippen molar-refractivity contribution in [2.75, 3.05) is 20.2 Å². The van der Waals surface area contributed by atoms with Gasteiger partial charge in [-0.2, -0.15) is 4.31 Å². The monoisotopic (exact) mass is 413 g/mol. The number of halogens is 1. The molecular formula is C18H20ClNO6S. The molecule has 0 atom stereocenters. The van der Waals surface area contributed by atoms with E-state index < -0.39 is 15.6 Å². The van der Waals surface area contributed by atoms with E-state index in [0.29, 0.717) is 42.5 Å². The largest absolute Gasteiger partial charge is 0.495 e. The van der Waals surface area contributed by atoms with E-state index in [4.69, 9.17) is 25.5 Å². The number of ether oxygens (including phenoxy) is 2. The molecule has 1 fully saturated rings. The summed E-state index contributed by atoms with van der Waals surface area (Å²) in [5, 5.41) is 0.325. The summed E-state index contributed by atoms with van der Waals surface area (Å²) in [4.78, 5) is 11.5. The molecule has 2 aromatic rings. The summed E-state index contributed by atoms with van der Waals surface area (Å²) in [5.74, 6) is 1.15. The van der Waals surface area contributed by atoms with Gasteiger partial charge in [-0.05, 0) is 38.0 Å². The Labute approximate surface area is 162 Å². The van der Waals surface area contributed by atoms with Crippen LogP contribution in [0.15, 0.2) is 44.4 Å². The van der Waals surface area contributed by atoms with Crippen LogP contribution in [0.5, 0.6) is 11.5 Å². The molecular weight excluding hydrogens is 394 g/mol. The van der Waals surface area contributed by atoms with Gasteiger partial charge < -0.3 is 13.9 Å². The Morgan fingerprint density at radius 3 is 2.52 bits per heavy atom. The summed E-state index contributed by atoms with van der Waals surface area (Å²) >= 11 is 5.97. The van der Waals surface area contributed by atoms with Gasteiger partial charge in [0.15, 0.2) is 0 Å². The number of methoxy groups -OCH3 is 1. The van der Waals surface area contributed by atoms with Crippen molar-refractivity contribution in [3.8, 4) is 11.5 Å². The second kappa shape index (κ2) is 7.92. The molecule has 0 N–H and O–H groups in total. The zero-order valence-corrected chi connectivity index (χ0v) is 16.5. The van der Waals surface area contributed by atoms with Crippen LogP contribution in [0.1, 0.15) is 18.6 Å². The van der Waals surface area contributed by atoms with Crippen molar-refractivity contribution >= 4 is 21.6 Å². The van der Waals surface area contributed by atoms with Crippen molar-refractivity contribution in [2.24, 2.45) is 0 Å². The molecule has 3 rings (SSSR count). The van der Waals surface area contributed by atoms with Gasteiger partial charge in [-0.25, -0.2) is 13.2 Å². The van der Waals surface area contributed by atoms with Gasteiger partial charge in [0.05, 0.1) is 13.2 Å². The highest BCUT2D eigenvalue weighted by Gasteiger charge is 2.32. The first-order chi connectivity index (χ1) is 12.8. The first-order valence-corrected chi connectivity index (χ1v) is 10.2. The normalized spacial score (nSPS) is 16.3. The molecule has 1 aliphatic heterocycles. The second-order valence-electron chi connectivity index (χ2n) is 6.24. The Kier molecular flexibility index (Phi) is 5.78. The zero-order valence-electron chi connectivity index (χ0n) is 15.0. The molecule has 0 aliphatic carbocycles. The summed E-state index contributed by atoms with van der Waals surface area (Å²) in [6.45, 7) is 2.26. The average molecular weight is 414 g/mol. The Bertz CT molecular complexity index is 980. The highest BCUT2D eigenvalue weighted by molar-refractivity contribution is 7.89. The zero-order chi connectivity index (χ0) is 19.6. The van der Waals surface area contributed by atoms with Crippen LogP contribution in [0.25, 0.3) is 0 Å². The summed E-state index contributed by atoms with van der Waals surface area (Å²) in [6, 6.07) is 7.44. The van der Waals surface area contributed by atoms with E-state index in [1.54, 1.807) is 19.1 Å². The maximum Gasteiger partial charge on any atom is 0.339 e. The van der Waals surface area contributed by atoms with Gasteiger partial charge in [-0.15, -0.1) is 0 Å². The van der Waals surface area contributed by atoms with Crippen LogP contribution in [0.4, 0.5) is 0 Å². The van der Waals surface area contributed by atoms with Crippen molar-refractivity contribution in [1.82, 2.24) is 4.31 Å². The van der Waals surface area contributed by atoms with Gasteiger partial charge >= 0.3 is 5.63 Å². The van der Waals surface area contributed by atoms with E-state index in [0.717, 1.165) is 0 Å². The van der Waals surface area contributed by atoms with Gasteiger partial charge in [0.2, 0.25) is 10.0 Å². The summed E-state index contributed by atoms with van der Waals surface area (Å²) < 4.78 is 43.2. The minimum Gasteiger partial charge on any atom is -0.495 e. The third-order valence-corrected chi connectivity index (χ3v) is 6.47. The molecule has 0 unspecified atom stereocenters. The number of sulfonamides is 1. The highest BCUT2D eigenvalue weighted by Crippen LogP contribution is 2.31. The Balaban J connectivity index is 1.71. The minimum atomic E-state index is -3.73. The van der Waals surface area contributed by atoms with Gasteiger partial charge in [0.25, 0.3) is 0 Å². The molecule has 7 nitrogen and oxygen atoms in total. The number of hydrogen-bond acceptors (Lipinski definition) is 6. The molecule has 9 heteroatoms. The first kappa shape index (κ1) is 19.7. The van der Waals surface area contributed by atoms with E-state index >= 15 is 0 Å². The average Bonchev–Trinajstić information content (AvgIpc) is 2.61. The summed E-state index contributed by atoms with van der Waals surface area (Å²) in [7, 11) is -2.32. The van der Waals surface area contributed by atoms with Crippen LogP contribution in [0, 0.1) is 6.92 Å². The predicted octanol–water partition coefficient (Wildman–Crippen LogP) is 2.84. The maximum atomic E-state index is 13.0. The van der Waals surface area contributed by atoms with Crippen LogP contribution in [0.3, 0.4) is 0 Å². The van der Waals surface area contributed by atoms with E-state index in [2.05, 4.69) is 0 Å². The quantitative estimate of drug-likeness (QED) is 0.749. The lowest BCUT2D eigenvalue weighted by molar-refractivity contribution is 0.134. The van der Waals surface area contributed by atoms with Gasteiger partial charge in [0.1, 0.15) is 28.3 Å². The number of benzene rings is 1. The third-order valence-electron chi connectivity index (χ3n) is 4.31. The molecule has 0 saturated carbocycles. The minimum absolute atomic E-state index is 0.0492. The van der Waals surface area contributed by atoms with Crippen LogP contribution >= 0.6 is 11.6 Å². The van der Waals surface area contributed by atoms with Crippen LogP contribution in [-0.4, -0.2) is 39.0 Å². The van der Waals surface area contributed by atoms with Crippen molar-refractivity contribution in [3.63, 3.8) is 0 Å². The number of hydrogen-bond donors (Lipinski definition) is 0. The van der Waals surface area contributed by atoms with Crippen molar-refractivity contribution < 1.29 is 22.3 Å². The fraction of sp³-hybridized carbons (Fsp3) is 0.389. The molecule has 0 radical (unpaired) electrons. The molecule has 1 aromatic carbocycles. The third kappa shape index (κ3) is 4.45. The molecule has 2 heterocycles. The van der Waals surface area contributed by atoms with E-state index in [1.165, 1.54) is 29.6 Å². The maximum absolute atomic E-state index is 13.0. The van der Waals surface area contributed by atoms with Crippen LogP contribution in [0.2, 0.25) is 5.02 Å². The lowest BCUT2D eigenvalue weighted by Crippen LogP contribution is -2.41. The fourth-order valence-electron chi connectivity index (χ4n) is 3.02. The van der Waals surface area contributed by atoms with Crippen molar-refractivity contribution in [3.05, 3.63) is 51.5 Å². The molecule has 0 spiro atoms. The van der Waals surface area contributed by atoms with E-state index in [9.17, 15) is 13.2 Å². The van der Waals surface area contributed by atoms with E-state index in [-0.39, 0.29) is 16.7 Å². The lowest BCUT2D eigenvalue weighted by Gasteiger charge is -2.31. The Morgan fingerprint density at radius 2 is 1.89 bits per heavy atom. The first-order valence-electron chi connectivity index (χ1n) is 8.42. The molecule has 1 aliphatic rings. The number of aryl methyl sites for hydroxylation is 1. The van der Waals surface area contributed by atoms with Crippen LogP contribution in [-0.2, 0) is 10.0 Å². The van der Waals surface area contributed by atoms with Gasteiger partial charge in [-0.3, -0.25) is 0 Å². The van der Waals surface area contributed by atoms with Crippen LogP contribution < -0.4 is 15.1 Å². The smallest absolute Gasteiger partial charge is 0.339 e. The SMILES string of the molecule is COc1ccc(Cl)cc1S(=O)(=O)N1CCC(Oc2cc(C)oc(=O)c2)CC1. The molecule has 0 amide bonds. The standard InChI is InChI=1S/C18H20ClNO6S/c1-12-9-15(11-18(21)25-12)26-14-5-7-20(8-6-14)27(22,23)17-10-13(19)3-4-16(17)24-2/h3-4,9-11,14H,5-8H2,1-2H3. The topological polar surface area (TPSA) is 86.1 Å². The molecule has 146 valence electrons. The highest BCUT2D eigenvalue weighted by atomic mass is 35.5. The summed E-state index contributed by atoms with van der Waals surface area (Å²) in [5.41, 5.74) is -0.474. The fourth-order valence-corrected chi connectivity index (χ4v) is 4.91. The molecule has 0 bridgehead atoms. The van der Waals surface area contributed by atoms with E-state index in [1.807, 2.05) is 0 Å². The molecule has 27 heavy (non-hydrogen) atoms. The molecule has 1 aromatic heterocycles. The number of rotatable bonds is 5. The lowest BCUT2D eigenvalue weighted by atomic mass is 10.1. The van der Waals surface area contributed by atoms with Crippen molar-refractivity contribution in [2.45, 2.75) is 30.8 Å². The Hall–Kier alpha value is -2.03. The Morgan fingerprint density at radius 1 is 1.19 bits per heavy atom. The number of nitrogens with zero attached hydrogens (tertiary/aromatic N) is 1. The predicted molar refractivity (Wildman–Crippen MR) is 100 cm³/mol. The van der Waals surface area contributed by atoms with Gasteiger partial charge in [-0.1, -0.05) is 11.6 Å².